The maximum atomic E-state index is 10.7. The Morgan fingerprint density at radius 2 is 2.06 bits per heavy atom. The molecule has 86 valence electrons. The molecule has 1 N–H and O–H groups in total. The van der Waals surface area contributed by atoms with Crippen LogP contribution in [0.15, 0.2) is 29.2 Å². The molecule has 0 aliphatic heterocycles. The third-order valence-electron chi connectivity index (χ3n) is 2.71. The van der Waals surface area contributed by atoms with Crippen LogP contribution < -0.4 is 0 Å². The summed E-state index contributed by atoms with van der Waals surface area (Å²) < 4.78 is 0. The maximum absolute atomic E-state index is 10.7. The molecule has 1 atom stereocenters. The summed E-state index contributed by atoms with van der Waals surface area (Å²) in [6.45, 7) is 1.75. The van der Waals surface area contributed by atoms with Gasteiger partial charge in [0.05, 0.1) is 5.92 Å². The van der Waals surface area contributed by atoms with E-state index >= 15 is 0 Å². The molecule has 16 heavy (non-hydrogen) atoms. The van der Waals surface area contributed by atoms with E-state index in [1.165, 1.54) is 17.7 Å². The second kappa shape index (κ2) is 4.91. The molecule has 0 amide bonds. The lowest BCUT2D eigenvalue weighted by molar-refractivity contribution is -0.141. The minimum Gasteiger partial charge on any atom is -0.481 e. The summed E-state index contributed by atoms with van der Waals surface area (Å²) in [7, 11) is 0. The van der Waals surface area contributed by atoms with E-state index in [2.05, 4.69) is 12.1 Å². The average Bonchev–Trinajstić information content (AvgIpc) is 3.04. The molecule has 1 aromatic carbocycles. The van der Waals surface area contributed by atoms with E-state index in [9.17, 15) is 4.79 Å². The molecule has 0 bridgehead atoms. The highest BCUT2D eigenvalue weighted by Crippen LogP contribution is 2.39. The summed E-state index contributed by atoms with van der Waals surface area (Å²) in [5.41, 5.74) is 1.11. The minimum atomic E-state index is -0.726. The first kappa shape index (κ1) is 11.5. The molecule has 1 aliphatic rings. The molecule has 0 heterocycles. The monoisotopic (exact) mass is 236 g/mol. The van der Waals surface area contributed by atoms with Crippen LogP contribution in [0.1, 0.15) is 25.3 Å². The van der Waals surface area contributed by atoms with Crippen molar-refractivity contribution in [3.63, 3.8) is 0 Å². The van der Waals surface area contributed by atoms with Crippen LogP contribution in [0.3, 0.4) is 0 Å². The fourth-order valence-corrected chi connectivity index (χ4v) is 2.57. The Morgan fingerprint density at radius 1 is 1.44 bits per heavy atom. The summed E-state index contributed by atoms with van der Waals surface area (Å²) in [5.74, 6) is -1.03. The van der Waals surface area contributed by atoms with Gasteiger partial charge >= 0.3 is 5.97 Å². The Labute approximate surface area is 100 Å². The van der Waals surface area contributed by atoms with E-state index in [1.54, 1.807) is 6.92 Å². The highest BCUT2D eigenvalue weighted by atomic mass is 32.2. The number of benzene rings is 1. The van der Waals surface area contributed by atoms with Crippen molar-refractivity contribution in [3.05, 3.63) is 29.8 Å². The highest BCUT2D eigenvalue weighted by Gasteiger charge is 2.22. The van der Waals surface area contributed by atoms with Crippen molar-refractivity contribution in [2.45, 2.75) is 36.3 Å². The topological polar surface area (TPSA) is 37.3 Å². The summed E-state index contributed by atoms with van der Waals surface area (Å²) in [4.78, 5) is 12.0. The minimum absolute atomic E-state index is 0.304. The van der Waals surface area contributed by atoms with Gasteiger partial charge in [0.15, 0.2) is 0 Å². The lowest BCUT2D eigenvalue weighted by atomic mass is 10.0. The number of carboxylic acids is 1. The standard InChI is InChI=1S/C13H16O2S/c1-9(13(14)15)8-10-2-4-11(5-3-10)16-12-6-7-12/h2-5,9,12H,6-8H2,1H3,(H,14,15). The third-order valence-corrected chi connectivity index (χ3v) is 4.06. The van der Waals surface area contributed by atoms with Crippen LogP contribution >= 0.6 is 11.8 Å². The van der Waals surface area contributed by atoms with Gasteiger partial charge in [-0.1, -0.05) is 19.1 Å². The van der Waals surface area contributed by atoms with Gasteiger partial charge < -0.3 is 5.11 Å². The van der Waals surface area contributed by atoms with E-state index in [0.717, 1.165) is 10.8 Å². The molecule has 1 saturated carbocycles. The molecule has 1 fully saturated rings. The van der Waals surface area contributed by atoms with E-state index in [0.29, 0.717) is 6.42 Å². The quantitative estimate of drug-likeness (QED) is 0.853. The number of thioether (sulfide) groups is 1. The number of rotatable bonds is 5. The lowest BCUT2D eigenvalue weighted by Gasteiger charge is -2.06. The van der Waals surface area contributed by atoms with Crippen LogP contribution in [0.5, 0.6) is 0 Å². The Kier molecular flexibility index (Phi) is 3.54. The van der Waals surface area contributed by atoms with Crippen molar-refractivity contribution in [3.8, 4) is 0 Å². The Balaban J connectivity index is 1.92. The molecule has 2 nitrogen and oxygen atoms in total. The van der Waals surface area contributed by atoms with Crippen molar-refractivity contribution in [2.75, 3.05) is 0 Å². The maximum Gasteiger partial charge on any atom is 0.306 e. The second-order valence-electron chi connectivity index (χ2n) is 4.40. The number of hydrogen-bond donors (Lipinski definition) is 1. The molecular formula is C13H16O2S. The number of carboxylic acid groups (broad SMARTS) is 1. The normalized spacial score (nSPS) is 17.1. The van der Waals surface area contributed by atoms with Crippen LogP contribution in [0.4, 0.5) is 0 Å². The van der Waals surface area contributed by atoms with Gasteiger partial charge in [-0.2, -0.15) is 0 Å². The van der Waals surface area contributed by atoms with Gasteiger partial charge in [-0.3, -0.25) is 4.79 Å². The smallest absolute Gasteiger partial charge is 0.306 e. The van der Waals surface area contributed by atoms with Gasteiger partial charge in [0.2, 0.25) is 0 Å². The van der Waals surface area contributed by atoms with Crippen LogP contribution in [-0.4, -0.2) is 16.3 Å². The van der Waals surface area contributed by atoms with Crippen LogP contribution in [-0.2, 0) is 11.2 Å². The van der Waals surface area contributed by atoms with Crippen molar-refractivity contribution in [1.82, 2.24) is 0 Å². The van der Waals surface area contributed by atoms with Crippen LogP contribution in [0.2, 0.25) is 0 Å². The molecule has 1 aromatic rings. The summed E-state index contributed by atoms with van der Waals surface area (Å²) in [6, 6.07) is 8.30. The molecule has 0 saturated heterocycles. The zero-order valence-electron chi connectivity index (χ0n) is 9.35. The Morgan fingerprint density at radius 3 is 2.56 bits per heavy atom. The summed E-state index contributed by atoms with van der Waals surface area (Å²) in [6.07, 6.45) is 3.29. The Bertz CT molecular complexity index is 368. The van der Waals surface area contributed by atoms with Gasteiger partial charge in [-0.25, -0.2) is 0 Å². The fraction of sp³-hybridized carbons (Fsp3) is 0.462. The zero-order chi connectivity index (χ0) is 11.5. The molecule has 0 radical (unpaired) electrons. The SMILES string of the molecule is CC(Cc1ccc(SC2CC2)cc1)C(=O)O. The predicted octanol–water partition coefficient (Wildman–Crippen LogP) is 3.20. The number of carbonyl (C=O) groups is 1. The molecular weight excluding hydrogens is 220 g/mol. The lowest BCUT2D eigenvalue weighted by Crippen LogP contribution is -2.12. The van der Waals surface area contributed by atoms with Gasteiger partial charge in [-0.15, -0.1) is 11.8 Å². The zero-order valence-corrected chi connectivity index (χ0v) is 10.2. The fourth-order valence-electron chi connectivity index (χ4n) is 1.52. The van der Waals surface area contributed by atoms with Crippen molar-refractivity contribution in [1.29, 1.82) is 0 Å². The number of aliphatic carboxylic acids is 1. The van der Waals surface area contributed by atoms with Gasteiger partial charge in [0.25, 0.3) is 0 Å². The van der Waals surface area contributed by atoms with E-state index in [1.807, 2.05) is 23.9 Å². The Hall–Kier alpha value is -0.960. The van der Waals surface area contributed by atoms with Crippen molar-refractivity contribution < 1.29 is 9.90 Å². The summed E-state index contributed by atoms with van der Waals surface area (Å²) in [5, 5.41) is 9.64. The molecule has 3 heteroatoms. The van der Waals surface area contributed by atoms with E-state index in [-0.39, 0.29) is 5.92 Å². The number of hydrogen-bond acceptors (Lipinski definition) is 2. The van der Waals surface area contributed by atoms with Gasteiger partial charge in [0.1, 0.15) is 0 Å². The van der Waals surface area contributed by atoms with Crippen molar-refractivity contribution in [2.24, 2.45) is 5.92 Å². The first-order chi connectivity index (χ1) is 7.65. The highest BCUT2D eigenvalue weighted by molar-refractivity contribution is 8.00. The third kappa shape index (κ3) is 3.27. The largest absolute Gasteiger partial charge is 0.481 e. The molecule has 0 spiro atoms. The first-order valence-electron chi connectivity index (χ1n) is 5.63. The molecule has 2 rings (SSSR count). The molecule has 0 aromatic heterocycles. The van der Waals surface area contributed by atoms with Crippen molar-refractivity contribution >= 4 is 17.7 Å². The van der Waals surface area contributed by atoms with Gasteiger partial charge in [-0.05, 0) is 37.0 Å². The molecule has 1 unspecified atom stereocenters. The second-order valence-corrected chi connectivity index (χ2v) is 5.78. The summed E-state index contributed by atoms with van der Waals surface area (Å²) >= 11 is 1.93. The average molecular weight is 236 g/mol. The van der Waals surface area contributed by atoms with E-state index < -0.39 is 5.97 Å². The predicted molar refractivity (Wildman–Crippen MR) is 65.8 cm³/mol. The van der Waals surface area contributed by atoms with Crippen LogP contribution in [0, 0.1) is 5.92 Å². The van der Waals surface area contributed by atoms with Gasteiger partial charge in [0, 0.05) is 10.1 Å². The first-order valence-corrected chi connectivity index (χ1v) is 6.51. The van der Waals surface area contributed by atoms with Crippen LogP contribution in [0.25, 0.3) is 0 Å². The van der Waals surface area contributed by atoms with E-state index in [4.69, 9.17) is 5.11 Å². The molecule has 1 aliphatic carbocycles.